The van der Waals surface area contributed by atoms with Gasteiger partial charge in [-0.15, -0.1) is 0 Å². The third-order valence-corrected chi connectivity index (χ3v) is 3.83. The summed E-state index contributed by atoms with van der Waals surface area (Å²) in [5.74, 6) is 0.738. The number of anilines is 1. The summed E-state index contributed by atoms with van der Waals surface area (Å²) < 4.78 is 5.20. The molecule has 0 saturated carbocycles. The molecule has 0 spiro atoms. The lowest BCUT2D eigenvalue weighted by atomic mass is 10.2. The molecule has 7 heteroatoms. The van der Waals surface area contributed by atoms with Crippen molar-refractivity contribution in [2.45, 2.75) is 26.3 Å². The van der Waals surface area contributed by atoms with Crippen LogP contribution in [0.5, 0.6) is 0 Å². The molecule has 0 aliphatic heterocycles. The highest BCUT2D eigenvalue weighted by Crippen LogP contribution is 2.15. The number of aryl methyl sites for hydroxylation is 1. The van der Waals surface area contributed by atoms with Gasteiger partial charge in [-0.05, 0) is 17.7 Å². The summed E-state index contributed by atoms with van der Waals surface area (Å²) in [5, 5.41) is 9.49. The van der Waals surface area contributed by atoms with Gasteiger partial charge in [0.05, 0.1) is 0 Å². The zero-order valence-electron chi connectivity index (χ0n) is 14.9. The Morgan fingerprint density at radius 3 is 2.48 bits per heavy atom. The summed E-state index contributed by atoms with van der Waals surface area (Å²) in [6.45, 7) is 1.87. The van der Waals surface area contributed by atoms with Crippen LogP contribution in [0.4, 0.5) is 5.69 Å². The lowest BCUT2D eigenvalue weighted by Crippen LogP contribution is -2.23. The van der Waals surface area contributed by atoms with E-state index in [9.17, 15) is 9.59 Å². The first-order chi connectivity index (χ1) is 13.1. The van der Waals surface area contributed by atoms with E-state index in [0.717, 1.165) is 16.8 Å². The maximum atomic E-state index is 12.0. The second-order valence-corrected chi connectivity index (χ2v) is 6.03. The minimum absolute atomic E-state index is 0.0969. The van der Waals surface area contributed by atoms with Crippen molar-refractivity contribution in [2.75, 3.05) is 5.32 Å². The van der Waals surface area contributed by atoms with Crippen molar-refractivity contribution in [3.63, 3.8) is 0 Å². The highest BCUT2D eigenvalue weighted by molar-refractivity contribution is 5.88. The van der Waals surface area contributed by atoms with Gasteiger partial charge in [0.2, 0.25) is 23.5 Å². The fourth-order valence-electron chi connectivity index (χ4n) is 2.48. The number of hydrogen-bond donors (Lipinski definition) is 2. The monoisotopic (exact) mass is 364 g/mol. The molecule has 0 atom stereocenters. The Morgan fingerprint density at radius 1 is 1.04 bits per heavy atom. The minimum Gasteiger partial charge on any atom is -0.352 e. The molecule has 7 nitrogen and oxygen atoms in total. The van der Waals surface area contributed by atoms with Crippen LogP contribution < -0.4 is 10.6 Å². The predicted molar refractivity (Wildman–Crippen MR) is 101 cm³/mol. The third-order valence-electron chi connectivity index (χ3n) is 3.83. The van der Waals surface area contributed by atoms with Crippen LogP contribution in [-0.4, -0.2) is 22.0 Å². The standard InChI is InChI=1S/C20H20N4O3/c1-14(25)22-17-9-7-15(8-10-17)13-21-18(26)11-12-19-23-20(24-27-19)16-5-3-2-4-6-16/h2-10H,11-13H2,1H3,(H,21,26)(H,22,25). The van der Waals surface area contributed by atoms with Crippen molar-refractivity contribution in [1.82, 2.24) is 15.5 Å². The van der Waals surface area contributed by atoms with Crippen LogP contribution >= 0.6 is 0 Å². The van der Waals surface area contributed by atoms with E-state index in [-0.39, 0.29) is 18.2 Å². The summed E-state index contributed by atoms with van der Waals surface area (Å²) in [7, 11) is 0. The van der Waals surface area contributed by atoms with E-state index in [1.165, 1.54) is 6.92 Å². The molecular weight excluding hydrogens is 344 g/mol. The van der Waals surface area contributed by atoms with Crippen molar-refractivity contribution in [3.05, 3.63) is 66.1 Å². The highest BCUT2D eigenvalue weighted by atomic mass is 16.5. The quantitative estimate of drug-likeness (QED) is 0.672. The Hall–Kier alpha value is -3.48. The number of aromatic nitrogens is 2. The summed E-state index contributed by atoms with van der Waals surface area (Å²) >= 11 is 0. The molecule has 2 N–H and O–H groups in total. The number of benzene rings is 2. The van der Waals surface area contributed by atoms with Crippen LogP contribution in [0.15, 0.2) is 59.1 Å². The molecule has 0 unspecified atom stereocenters. The van der Waals surface area contributed by atoms with Gasteiger partial charge in [-0.2, -0.15) is 4.98 Å². The first kappa shape index (κ1) is 18.3. The van der Waals surface area contributed by atoms with E-state index in [1.54, 1.807) is 12.1 Å². The molecule has 0 saturated heterocycles. The zero-order chi connectivity index (χ0) is 19.1. The van der Waals surface area contributed by atoms with Crippen LogP contribution in [0.25, 0.3) is 11.4 Å². The summed E-state index contributed by atoms with van der Waals surface area (Å²) in [4.78, 5) is 27.3. The Bertz CT molecular complexity index is 904. The van der Waals surface area contributed by atoms with Gasteiger partial charge in [-0.1, -0.05) is 47.6 Å². The predicted octanol–water partition coefficient (Wildman–Crippen LogP) is 2.94. The molecule has 2 aromatic carbocycles. The second-order valence-electron chi connectivity index (χ2n) is 6.03. The van der Waals surface area contributed by atoms with Gasteiger partial charge in [-0.3, -0.25) is 9.59 Å². The van der Waals surface area contributed by atoms with E-state index in [0.29, 0.717) is 24.7 Å². The van der Waals surface area contributed by atoms with Crippen molar-refractivity contribution >= 4 is 17.5 Å². The number of rotatable bonds is 7. The topological polar surface area (TPSA) is 97.1 Å². The average Bonchev–Trinajstić information content (AvgIpc) is 3.15. The number of carbonyl (C=O) groups excluding carboxylic acids is 2. The fourth-order valence-corrected chi connectivity index (χ4v) is 2.48. The van der Waals surface area contributed by atoms with E-state index in [2.05, 4.69) is 20.8 Å². The number of nitrogens with one attached hydrogen (secondary N) is 2. The van der Waals surface area contributed by atoms with Gasteiger partial charge in [-0.25, -0.2) is 0 Å². The van der Waals surface area contributed by atoms with Gasteiger partial charge in [0, 0.05) is 37.6 Å². The molecule has 0 aliphatic carbocycles. The zero-order valence-corrected chi connectivity index (χ0v) is 14.9. The van der Waals surface area contributed by atoms with Crippen molar-refractivity contribution < 1.29 is 14.1 Å². The molecule has 138 valence electrons. The van der Waals surface area contributed by atoms with Crippen LogP contribution in [0, 0.1) is 0 Å². The molecule has 0 fully saturated rings. The number of carbonyl (C=O) groups is 2. The minimum atomic E-state index is -0.118. The van der Waals surface area contributed by atoms with Crippen molar-refractivity contribution in [1.29, 1.82) is 0 Å². The lowest BCUT2D eigenvalue weighted by molar-refractivity contribution is -0.121. The second kappa shape index (κ2) is 8.75. The Morgan fingerprint density at radius 2 is 1.78 bits per heavy atom. The highest BCUT2D eigenvalue weighted by Gasteiger charge is 2.10. The van der Waals surface area contributed by atoms with E-state index >= 15 is 0 Å². The Labute approximate surface area is 156 Å². The molecule has 0 bridgehead atoms. The number of hydrogen-bond acceptors (Lipinski definition) is 5. The van der Waals surface area contributed by atoms with Crippen molar-refractivity contribution in [2.24, 2.45) is 0 Å². The number of nitrogens with zero attached hydrogens (tertiary/aromatic N) is 2. The van der Waals surface area contributed by atoms with E-state index in [1.807, 2.05) is 42.5 Å². The summed E-state index contributed by atoms with van der Waals surface area (Å²) in [6.07, 6.45) is 0.646. The summed E-state index contributed by atoms with van der Waals surface area (Å²) in [6, 6.07) is 16.8. The largest absolute Gasteiger partial charge is 0.352 e. The molecule has 0 aliphatic rings. The average molecular weight is 364 g/mol. The smallest absolute Gasteiger partial charge is 0.227 e. The molecule has 0 radical (unpaired) electrons. The first-order valence-corrected chi connectivity index (χ1v) is 8.61. The van der Waals surface area contributed by atoms with Crippen molar-refractivity contribution in [3.8, 4) is 11.4 Å². The molecule has 3 aromatic rings. The van der Waals surface area contributed by atoms with Crippen LogP contribution in [0.2, 0.25) is 0 Å². The molecule has 1 aromatic heterocycles. The van der Waals surface area contributed by atoms with Crippen LogP contribution in [0.1, 0.15) is 24.8 Å². The van der Waals surface area contributed by atoms with Gasteiger partial charge >= 0.3 is 0 Å². The Kier molecular flexibility index (Phi) is 5.94. The van der Waals surface area contributed by atoms with Gasteiger partial charge in [0.1, 0.15) is 0 Å². The van der Waals surface area contributed by atoms with Gasteiger partial charge < -0.3 is 15.2 Å². The normalized spacial score (nSPS) is 10.4. The third kappa shape index (κ3) is 5.50. The van der Waals surface area contributed by atoms with E-state index in [4.69, 9.17) is 4.52 Å². The molecule has 3 rings (SSSR count). The number of amides is 2. The van der Waals surface area contributed by atoms with E-state index < -0.39 is 0 Å². The van der Waals surface area contributed by atoms with Gasteiger partial charge in [0.25, 0.3) is 0 Å². The SMILES string of the molecule is CC(=O)Nc1ccc(CNC(=O)CCc2nc(-c3ccccc3)no2)cc1. The maximum absolute atomic E-state index is 12.0. The molecule has 27 heavy (non-hydrogen) atoms. The van der Waals surface area contributed by atoms with Crippen LogP contribution in [-0.2, 0) is 22.6 Å². The first-order valence-electron chi connectivity index (χ1n) is 8.61. The van der Waals surface area contributed by atoms with Gasteiger partial charge in [0.15, 0.2) is 0 Å². The fraction of sp³-hybridized carbons (Fsp3) is 0.200. The molecule has 1 heterocycles. The molecular formula is C20H20N4O3. The Balaban J connectivity index is 1.45. The lowest BCUT2D eigenvalue weighted by Gasteiger charge is -2.06. The maximum Gasteiger partial charge on any atom is 0.227 e. The summed E-state index contributed by atoms with van der Waals surface area (Å²) in [5.41, 5.74) is 2.55. The molecule has 2 amide bonds. The van der Waals surface area contributed by atoms with Crippen LogP contribution in [0.3, 0.4) is 0 Å².